The summed E-state index contributed by atoms with van der Waals surface area (Å²) in [7, 11) is 0. The van der Waals surface area contributed by atoms with Crippen molar-refractivity contribution < 1.29 is 9.90 Å². The minimum atomic E-state index is -0.598. The van der Waals surface area contributed by atoms with Gasteiger partial charge in [-0.15, -0.1) is 0 Å². The number of piperidine rings is 1. The van der Waals surface area contributed by atoms with Crippen molar-refractivity contribution in [1.82, 2.24) is 4.90 Å². The number of nitrogens with two attached hydrogens (primary N) is 1. The van der Waals surface area contributed by atoms with E-state index in [-0.39, 0.29) is 0 Å². The average molecular weight is 248 g/mol. The van der Waals surface area contributed by atoms with Gasteiger partial charge in [0, 0.05) is 18.7 Å². The second-order valence-electron chi connectivity index (χ2n) is 5.38. The molecule has 3 N–H and O–H groups in total. The van der Waals surface area contributed by atoms with Crippen LogP contribution in [0.4, 0.5) is 0 Å². The fourth-order valence-corrected chi connectivity index (χ4v) is 2.54. The van der Waals surface area contributed by atoms with Gasteiger partial charge in [-0.2, -0.15) is 0 Å². The first-order valence-electron chi connectivity index (χ1n) is 6.30. The van der Waals surface area contributed by atoms with Crippen molar-refractivity contribution in [3.8, 4) is 0 Å². The van der Waals surface area contributed by atoms with E-state index in [9.17, 15) is 9.90 Å². The van der Waals surface area contributed by atoms with E-state index in [2.05, 4.69) is 4.90 Å². The van der Waals surface area contributed by atoms with Crippen LogP contribution in [0.3, 0.4) is 0 Å². The second-order valence-corrected chi connectivity index (χ2v) is 5.38. The Hall–Kier alpha value is -1.39. The number of amides is 1. The fourth-order valence-electron chi connectivity index (χ4n) is 2.54. The molecular formula is C14H20N2O2. The molecule has 0 saturated carbocycles. The number of carbonyl (C=O) groups is 1. The van der Waals surface area contributed by atoms with Crippen LogP contribution in [0.15, 0.2) is 24.3 Å². The molecule has 1 aliphatic rings. The van der Waals surface area contributed by atoms with Gasteiger partial charge in [-0.3, -0.25) is 9.69 Å². The van der Waals surface area contributed by atoms with E-state index in [0.29, 0.717) is 12.1 Å². The Morgan fingerprint density at radius 3 is 3.00 bits per heavy atom. The van der Waals surface area contributed by atoms with Gasteiger partial charge in [0.25, 0.3) is 0 Å². The van der Waals surface area contributed by atoms with Gasteiger partial charge in [0.15, 0.2) is 0 Å². The molecule has 4 nitrogen and oxygen atoms in total. The maximum atomic E-state index is 11.1. The van der Waals surface area contributed by atoms with Crippen molar-refractivity contribution >= 4 is 5.91 Å². The first-order valence-corrected chi connectivity index (χ1v) is 6.30. The molecule has 1 fully saturated rings. The summed E-state index contributed by atoms with van der Waals surface area (Å²) >= 11 is 0. The van der Waals surface area contributed by atoms with Crippen LogP contribution in [0, 0.1) is 0 Å². The van der Waals surface area contributed by atoms with Gasteiger partial charge in [-0.05, 0) is 44.0 Å². The van der Waals surface area contributed by atoms with Crippen LogP contribution >= 0.6 is 0 Å². The Bertz CT molecular complexity index is 443. The van der Waals surface area contributed by atoms with Crippen molar-refractivity contribution in [3.05, 3.63) is 35.4 Å². The first kappa shape index (κ1) is 13.1. The number of aliphatic hydroxyl groups is 1. The van der Waals surface area contributed by atoms with Gasteiger partial charge < -0.3 is 10.8 Å². The van der Waals surface area contributed by atoms with Crippen LogP contribution in [0.1, 0.15) is 35.7 Å². The molecule has 0 radical (unpaired) electrons. The SMILES string of the molecule is CC1(O)CCCN(Cc2cccc(C(N)=O)c2)C1. The summed E-state index contributed by atoms with van der Waals surface area (Å²) in [6.45, 7) is 4.28. The zero-order valence-corrected chi connectivity index (χ0v) is 10.7. The molecule has 0 aromatic heterocycles. The predicted molar refractivity (Wildman–Crippen MR) is 70.1 cm³/mol. The van der Waals surface area contributed by atoms with Crippen LogP contribution in [0.2, 0.25) is 0 Å². The highest BCUT2D eigenvalue weighted by molar-refractivity contribution is 5.92. The standard InChI is InChI=1S/C14H20N2O2/c1-14(18)6-3-7-16(10-14)9-11-4-2-5-12(8-11)13(15)17/h2,4-5,8,18H,3,6-7,9-10H2,1H3,(H2,15,17). The number of hydrogen-bond donors (Lipinski definition) is 2. The highest BCUT2D eigenvalue weighted by Gasteiger charge is 2.28. The number of hydrogen-bond acceptors (Lipinski definition) is 3. The third-order valence-electron chi connectivity index (χ3n) is 3.37. The molecule has 98 valence electrons. The van der Waals surface area contributed by atoms with Crippen molar-refractivity contribution in [2.45, 2.75) is 31.9 Å². The maximum Gasteiger partial charge on any atom is 0.248 e. The second kappa shape index (κ2) is 5.08. The Labute approximate surface area is 107 Å². The highest BCUT2D eigenvalue weighted by atomic mass is 16.3. The first-order chi connectivity index (χ1) is 8.46. The molecule has 1 aromatic rings. The van der Waals surface area contributed by atoms with Crippen molar-refractivity contribution in [2.75, 3.05) is 13.1 Å². The summed E-state index contributed by atoms with van der Waals surface area (Å²) in [6, 6.07) is 7.37. The molecule has 1 amide bonds. The number of likely N-dealkylation sites (tertiary alicyclic amines) is 1. The third-order valence-corrected chi connectivity index (χ3v) is 3.37. The van der Waals surface area contributed by atoms with Crippen molar-refractivity contribution in [1.29, 1.82) is 0 Å². The molecule has 0 aliphatic carbocycles. The largest absolute Gasteiger partial charge is 0.389 e. The summed E-state index contributed by atoms with van der Waals surface area (Å²) in [6.07, 6.45) is 1.85. The third kappa shape index (κ3) is 3.31. The zero-order chi connectivity index (χ0) is 13.2. The number of rotatable bonds is 3. The lowest BCUT2D eigenvalue weighted by Crippen LogP contribution is -2.45. The molecule has 2 rings (SSSR count). The Morgan fingerprint density at radius 1 is 1.56 bits per heavy atom. The van der Waals surface area contributed by atoms with Crippen LogP contribution in [-0.2, 0) is 6.54 Å². The van der Waals surface area contributed by atoms with E-state index in [1.807, 2.05) is 25.1 Å². The van der Waals surface area contributed by atoms with Crippen LogP contribution < -0.4 is 5.73 Å². The zero-order valence-electron chi connectivity index (χ0n) is 10.7. The molecule has 1 heterocycles. The minimum absolute atomic E-state index is 0.400. The molecule has 4 heteroatoms. The lowest BCUT2D eigenvalue weighted by molar-refractivity contribution is -0.0181. The van der Waals surface area contributed by atoms with E-state index < -0.39 is 11.5 Å². The molecule has 1 unspecified atom stereocenters. The van der Waals surface area contributed by atoms with Gasteiger partial charge in [0.05, 0.1) is 5.60 Å². The fraction of sp³-hybridized carbons (Fsp3) is 0.500. The molecule has 1 aromatic carbocycles. The maximum absolute atomic E-state index is 11.1. The van der Waals surface area contributed by atoms with Gasteiger partial charge in [0.1, 0.15) is 0 Å². The summed E-state index contributed by atoms with van der Waals surface area (Å²) in [4.78, 5) is 13.3. The predicted octanol–water partition coefficient (Wildman–Crippen LogP) is 1.13. The van der Waals surface area contributed by atoms with E-state index in [1.165, 1.54) is 0 Å². The molecular weight excluding hydrogens is 228 g/mol. The Morgan fingerprint density at radius 2 is 2.33 bits per heavy atom. The molecule has 1 atom stereocenters. The lowest BCUT2D eigenvalue weighted by atomic mass is 9.95. The summed E-state index contributed by atoms with van der Waals surface area (Å²) < 4.78 is 0. The van der Waals surface area contributed by atoms with Gasteiger partial charge >= 0.3 is 0 Å². The Balaban J connectivity index is 2.05. The van der Waals surface area contributed by atoms with E-state index in [0.717, 1.165) is 31.5 Å². The summed E-state index contributed by atoms with van der Waals surface area (Å²) in [5, 5.41) is 10.0. The van der Waals surface area contributed by atoms with E-state index >= 15 is 0 Å². The number of benzene rings is 1. The smallest absolute Gasteiger partial charge is 0.248 e. The summed E-state index contributed by atoms with van der Waals surface area (Å²) in [5.41, 5.74) is 6.27. The van der Waals surface area contributed by atoms with Crippen molar-refractivity contribution in [3.63, 3.8) is 0 Å². The topological polar surface area (TPSA) is 66.6 Å². The monoisotopic (exact) mass is 248 g/mol. The van der Waals surface area contributed by atoms with E-state index in [1.54, 1.807) is 6.07 Å². The number of nitrogens with zero attached hydrogens (tertiary/aromatic N) is 1. The van der Waals surface area contributed by atoms with E-state index in [4.69, 9.17) is 5.73 Å². The number of β-amino-alcohol motifs (C(OH)–C–C–N with tert-alkyl or cyclic N) is 1. The van der Waals surface area contributed by atoms with Crippen molar-refractivity contribution in [2.24, 2.45) is 5.73 Å². The summed E-state index contributed by atoms with van der Waals surface area (Å²) in [5.74, 6) is -0.400. The molecule has 1 saturated heterocycles. The number of primary amides is 1. The van der Waals surface area contributed by atoms with Gasteiger partial charge in [-0.1, -0.05) is 12.1 Å². The molecule has 1 aliphatic heterocycles. The quantitative estimate of drug-likeness (QED) is 0.842. The molecule has 18 heavy (non-hydrogen) atoms. The molecule has 0 bridgehead atoms. The lowest BCUT2D eigenvalue weighted by Gasteiger charge is -2.36. The minimum Gasteiger partial charge on any atom is -0.389 e. The van der Waals surface area contributed by atoms with Crippen LogP contribution in [0.25, 0.3) is 0 Å². The highest BCUT2D eigenvalue weighted by Crippen LogP contribution is 2.21. The molecule has 0 spiro atoms. The van der Waals surface area contributed by atoms with Crippen LogP contribution in [0.5, 0.6) is 0 Å². The van der Waals surface area contributed by atoms with Gasteiger partial charge in [0.2, 0.25) is 5.91 Å². The normalized spacial score (nSPS) is 25.0. The average Bonchev–Trinajstić information content (AvgIpc) is 2.28. The van der Waals surface area contributed by atoms with Crippen LogP contribution in [-0.4, -0.2) is 34.6 Å². The Kier molecular flexibility index (Phi) is 3.68. The van der Waals surface area contributed by atoms with Gasteiger partial charge in [-0.25, -0.2) is 0 Å². The number of carbonyl (C=O) groups excluding carboxylic acids is 1.